The summed E-state index contributed by atoms with van der Waals surface area (Å²) in [5, 5.41) is 2.58. The van der Waals surface area contributed by atoms with Crippen LogP contribution in [-0.2, 0) is 20.4 Å². The summed E-state index contributed by atoms with van der Waals surface area (Å²) in [4.78, 5) is 2.55. The van der Waals surface area contributed by atoms with Gasteiger partial charge < -0.3 is 13.9 Å². The van der Waals surface area contributed by atoms with Gasteiger partial charge in [0.05, 0.1) is 13.2 Å². The van der Waals surface area contributed by atoms with Crippen LogP contribution in [0.3, 0.4) is 0 Å². The summed E-state index contributed by atoms with van der Waals surface area (Å²) in [5.74, 6) is -0.549. The third kappa shape index (κ3) is 5.34. The first-order chi connectivity index (χ1) is 17.6. The molecule has 2 atom stereocenters. The van der Waals surface area contributed by atoms with Crippen LogP contribution in [0.5, 0.6) is 0 Å². The second kappa shape index (κ2) is 10.1. The van der Waals surface area contributed by atoms with E-state index in [9.17, 15) is 0 Å². The van der Waals surface area contributed by atoms with Gasteiger partial charge in [-0.15, -0.1) is 0 Å². The zero-order valence-corrected chi connectivity index (χ0v) is 23.9. The average Bonchev–Trinajstić information content (AvgIpc) is 3.37. The molecule has 2 fully saturated rings. The van der Waals surface area contributed by atoms with E-state index in [2.05, 4.69) is 117 Å². The van der Waals surface area contributed by atoms with Gasteiger partial charge in [-0.25, -0.2) is 0 Å². The Kier molecular flexibility index (Phi) is 7.20. The lowest BCUT2D eigenvalue weighted by molar-refractivity contribution is -0.158. The molecule has 2 aliphatic heterocycles. The van der Waals surface area contributed by atoms with Crippen molar-refractivity contribution in [1.82, 2.24) is 4.90 Å². The van der Waals surface area contributed by atoms with Crippen molar-refractivity contribution in [3.05, 3.63) is 96.6 Å². The Balaban J connectivity index is 1.49. The first-order valence-electron chi connectivity index (χ1n) is 13.5. The Morgan fingerprint density at radius 1 is 0.865 bits per heavy atom. The maximum absolute atomic E-state index is 7.37. The Bertz CT molecular complexity index is 1120. The number of benzene rings is 3. The number of nitrogens with zero attached hydrogens (tertiary/aromatic N) is 1. The van der Waals surface area contributed by atoms with Crippen molar-refractivity contribution in [3.63, 3.8) is 0 Å². The van der Waals surface area contributed by atoms with Crippen LogP contribution in [0.1, 0.15) is 46.6 Å². The molecule has 0 radical (unpaired) electrons. The molecule has 5 rings (SSSR count). The largest absolute Gasteiger partial charge is 0.406 e. The number of likely N-dealkylation sites (tertiary alicyclic amines) is 1. The fourth-order valence-corrected chi connectivity index (χ4v) is 10.9. The molecule has 3 aromatic carbocycles. The van der Waals surface area contributed by atoms with Crippen molar-refractivity contribution >= 4 is 18.7 Å². The quantitative estimate of drug-likeness (QED) is 0.397. The van der Waals surface area contributed by atoms with E-state index in [4.69, 9.17) is 13.9 Å². The lowest BCUT2D eigenvalue weighted by Gasteiger charge is -2.44. The Morgan fingerprint density at radius 2 is 1.41 bits per heavy atom. The molecule has 2 saturated heterocycles. The number of hydrogen-bond donors (Lipinski definition) is 0. The zero-order valence-electron chi connectivity index (χ0n) is 22.9. The van der Waals surface area contributed by atoms with Crippen molar-refractivity contribution in [2.75, 3.05) is 19.8 Å². The molecule has 2 heterocycles. The van der Waals surface area contributed by atoms with Gasteiger partial charge in [-0.2, -0.15) is 0 Å². The molecule has 0 amide bonds. The van der Waals surface area contributed by atoms with Gasteiger partial charge >= 0.3 is 0 Å². The SMILES string of the molecule is CC1(C)OCC2(CC(CO[Si](c3ccccc3)(c3ccccc3)C(C)(C)C)N(Cc3ccccc3)C2)O1. The van der Waals surface area contributed by atoms with Crippen molar-refractivity contribution in [1.29, 1.82) is 0 Å². The molecule has 0 bridgehead atoms. The van der Waals surface area contributed by atoms with Crippen LogP contribution in [0.4, 0.5) is 0 Å². The van der Waals surface area contributed by atoms with Gasteiger partial charge in [0.1, 0.15) is 5.60 Å². The molecule has 2 aliphatic rings. The molecule has 0 aromatic heterocycles. The minimum absolute atomic E-state index is 0.0504. The van der Waals surface area contributed by atoms with Gasteiger partial charge in [0.25, 0.3) is 8.32 Å². The lowest BCUT2D eigenvalue weighted by Crippen LogP contribution is -2.67. The highest BCUT2D eigenvalue weighted by molar-refractivity contribution is 6.99. The predicted molar refractivity (Wildman–Crippen MR) is 153 cm³/mol. The van der Waals surface area contributed by atoms with Gasteiger partial charge in [-0.1, -0.05) is 112 Å². The van der Waals surface area contributed by atoms with E-state index < -0.39 is 14.1 Å². The second-order valence-electron chi connectivity index (χ2n) is 12.2. The summed E-state index contributed by atoms with van der Waals surface area (Å²) in [6.45, 7) is 14.1. The predicted octanol–water partition coefficient (Wildman–Crippen LogP) is 5.36. The molecule has 5 heteroatoms. The summed E-state index contributed by atoms with van der Waals surface area (Å²) in [6.07, 6.45) is 0.904. The maximum atomic E-state index is 7.37. The zero-order chi connectivity index (χ0) is 26.2. The summed E-state index contributed by atoms with van der Waals surface area (Å²) >= 11 is 0. The number of ether oxygens (including phenoxy) is 2. The average molecular weight is 516 g/mol. The first kappa shape index (κ1) is 26.3. The van der Waals surface area contributed by atoms with Crippen LogP contribution >= 0.6 is 0 Å². The van der Waals surface area contributed by atoms with E-state index in [0.29, 0.717) is 13.2 Å². The summed E-state index contributed by atoms with van der Waals surface area (Å²) < 4.78 is 20.0. The third-order valence-electron chi connectivity index (χ3n) is 7.90. The molecular formula is C32H41NO3Si. The van der Waals surface area contributed by atoms with Crippen LogP contribution in [0.25, 0.3) is 0 Å². The number of rotatable bonds is 7. The highest BCUT2D eigenvalue weighted by atomic mass is 28.4. The monoisotopic (exact) mass is 515 g/mol. The van der Waals surface area contributed by atoms with Gasteiger partial charge in [-0.05, 0) is 41.2 Å². The summed E-state index contributed by atoms with van der Waals surface area (Å²) in [5.41, 5.74) is 1.02. The molecule has 0 aliphatic carbocycles. The minimum Gasteiger partial charge on any atom is -0.406 e. The molecule has 3 aromatic rings. The first-order valence-corrected chi connectivity index (χ1v) is 15.4. The van der Waals surface area contributed by atoms with Crippen molar-refractivity contribution in [2.45, 2.75) is 70.1 Å². The van der Waals surface area contributed by atoms with Crippen LogP contribution in [0.15, 0.2) is 91.0 Å². The van der Waals surface area contributed by atoms with Crippen LogP contribution in [0.2, 0.25) is 5.04 Å². The van der Waals surface area contributed by atoms with E-state index in [0.717, 1.165) is 19.5 Å². The maximum Gasteiger partial charge on any atom is 0.261 e. The normalized spacial score (nSPS) is 24.1. The highest BCUT2D eigenvalue weighted by Crippen LogP contribution is 2.42. The second-order valence-corrected chi connectivity index (χ2v) is 16.5. The molecule has 196 valence electrons. The van der Waals surface area contributed by atoms with Gasteiger partial charge in [0.15, 0.2) is 5.79 Å². The topological polar surface area (TPSA) is 30.9 Å². The summed E-state index contributed by atoms with van der Waals surface area (Å²) in [6, 6.07) is 32.8. The Morgan fingerprint density at radius 3 is 1.89 bits per heavy atom. The van der Waals surface area contributed by atoms with Crippen molar-refractivity contribution < 1.29 is 13.9 Å². The lowest BCUT2D eigenvalue weighted by atomic mass is 10.0. The number of hydrogen-bond acceptors (Lipinski definition) is 4. The highest BCUT2D eigenvalue weighted by Gasteiger charge is 2.55. The van der Waals surface area contributed by atoms with E-state index in [1.807, 2.05) is 13.8 Å². The van der Waals surface area contributed by atoms with E-state index in [1.165, 1.54) is 15.9 Å². The van der Waals surface area contributed by atoms with E-state index in [-0.39, 0.29) is 16.7 Å². The van der Waals surface area contributed by atoms with E-state index in [1.54, 1.807) is 0 Å². The molecule has 0 N–H and O–H groups in total. The molecule has 37 heavy (non-hydrogen) atoms. The fraction of sp³-hybridized carbons (Fsp3) is 0.438. The van der Waals surface area contributed by atoms with Gasteiger partial charge in [0, 0.05) is 19.1 Å². The van der Waals surface area contributed by atoms with Crippen molar-refractivity contribution in [2.24, 2.45) is 0 Å². The third-order valence-corrected chi connectivity index (χ3v) is 12.9. The fourth-order valence-electron chi connectivity index (χ4n) is 6.34. The van der Waals surface area contributed by atoms with Crippen LogP contribution in [0, 0.1) is 0 Å². The molecule has 2 unspecified atom stereocenters. The van der Waals surface area contributed by atoms with Crippen LogP contribution in [-0.4, -0.2) is 50.4 Å². The molecule has 1 spiro atoms. The standard InChI is InChI=1S/C32H41NO3Si/c1-30(2,3)37(28-17-11-7-12-18-28,29-19-13-8-14-20-29)35-23-27-21-32(25-34-31(4,5)36-32)24-33(27)22-26-15-9-6-10-16-26/h6-20,27H,21-25H2,1-5H3. The minimum atomic E-state index is -2.62. The van der Waals surface area contributed by atoms with Crippen molar-refractivity contribution in [3.8, 4) is 0 Å². The molecule has 0 saturated carbocycles. The molecule has 4 nitrogen and oxygen atoms in total. The Hall–Kier alpha value is -2.28. The summed E-state index contributed by atoms with van der Waals surface area (Å²) in [7, 11) is -2.62. The van der Waals surface area contributed by atoms with Crippen LogP contribution < -0.4 is 10.4 Å². The van der Waals surface area contributed by atoms with E-state index >= 15 is 0 Å². The molecular weight excluding hydrogens is 474 g/mol. The smallest absolute Gasteiger partial charge is 0.261 e. The van der Waals surface area contributed by atoms with Gasteiger partial charge in [-0.3, -0.25) is 4.90 Å². The van der Waals surface area contributed by atoms with Gasteiger partial charge in [0.2, 0.25) is 0 Å². The Labute approximate surface area is 223 Å².